The maximum absolute atomic E-state index is 5.22. The molecule has 14 heavy (non-hydrogen) atoms. The maximum atomic E-state index is 5.22. The highest BCUT2D eigenvalue weighted by atomic mass is 79.9. The van der Waals surface area contributed by atoms with Gasteiger partial charge >= 0.3 is 0 Å². The van der Waals surface area contributed by atoms with E-state index in [9.17, 15) is 0 Å². The molecule has 0 aromatic heterocycles. The second kappa shape index (κ2) is 5.41. The van der Waals surface area contributed by atoms with Crippen LogP contribution < -0.4 is 19.9 Å². The van der Waals surface area contributed by atoms with Crippen molar-refractivity contribution in [1.82, 2.24) is 0 Å². The van der Waals surface area contributed by atoms with Crippen LogP contribution in [0.1, 0.15) is 0 Å². The van der Waals surface area contributed by atoms with Crippen molar-refractivity contribution in [3.05, 3.63) is 22.6 Å². The summed E-state index contributed by atoms with van der Waals surface area (Å²) in [4.78, 5) is 3.61. The minimum Gasteiger partial charge on any atom is -0.496 e. The third kappa shape index (κ3) is 2.12. The molecule has 4 heteroatoms. The molecule has 1 rings (SSSR count). The van der Waals surface area contributed by atoms with Crippen LogP contribution in [0.5, 0.6) is 11.5 Å². The Kier molecular flexibility index (Phi) is 4.48. The molecule has 0 unspecified atom stereocenters. The van der Waals surface area contributed by atoms with E-state index in [2.05, 4.69) is 31.9 Å². The molecule has 0 bridgehead atoms. The van der Waals surface area contributed by atoms with Crippen molar-refractivity contribution in [1.29, 1.82) is 0 Å². The molecule has 0 amide bonds. The normalized spacial score (nSPS) is 13.1. The number of methoxy groups -OCH3 is 2. The van der Waals surface area contributed by atoms with E-state index in [0.29, 0.717) is 0 Å². The lowest BCUT2D eigenvalue weighted by molar-refractivity contribution is 0.397. The molecule has 1 aromatic carbocycles. The molecule has 0 aliphatic rings. The molecule has 0 aliphatic carbocycles. The molecule has 1 aromatic rings. The minimum absolute atomic E-state index is 0.799. The van der Waals surface area contributed by atoms with Crippen LogP contribution in [0.15, 0.2) is 12.1 Å². The first kappa shape index (κ1) is 11.6. The average Bonchev–Trinajstić information content (AvgIpc) is 2.26. The van der Waals surface area contributed by atoms with Gasteiger partial charge in [0.15, 0.2) is 0 Å². The zero-order chi connectivity index (χ0) is 10.6. The molecule has 76 valence electrons. The summed E-state index contributed by atoms with van der Waals surface area (Å²) < 4.78 is 10.4. The Bertz CT molecular complexity index is 385. The Morgan fingerprint density at radius 1 is 0.929 bits per heavy atom. The van der Waals surface area contributed by atoms with Crippen LogP contribution in [-0.4, -0.2) is 14.2 Å². The number of hydrogen-bond acceptors (Lipinski definition) is 2. The number of ether oxygens (including phenoxy) is 2. The van der Waals surface area contributed by atoms with Crippen molar-refractivity contribution in [2.45, 2.75) is 0 Å². The van der Waals surface area contributed by atoms with Gasteiger partial charge in [-0.25, -0.2) is 0 Å². The molecule has 2 nitrogen and oxygen atoms in total. The topological polar surface area (TPSA) is 18.5 Å². The summed E-state index contributed by atoms with van der Waals surface area (Å²) in [6.07, 6.45) is 0. The molecule has 0 atom stereocenters. The van der Waals surface area contributed by atoms with E-state index in [4.69, 9.17) is 9.47 Å². The summed E-state index contributed by atoms with van der Waals surface area (Å²) in [6, 6.07) is 3.73. The number of rotatable bonds is 2. The molecule has 0 saturated carbocycles. The van der Waals surface area contributed by atoms with E-state index in [1.54, 1.807) is 24.2 Å². The predicted octanol–water partition coefficient (Wildman–Crippen LogP) is 1.97. The minimum atomic E-state index is 0.799. The summed E-state index contributed by atoms with van der Waals surface area (Å²) in [6.45, 7) is 0. The fourth-order valence-corrected chi connectivity index (χ4v) is 2.12. The average molecular weight is 322 g/mol. The van der Waals surface area contributed by atoms with Crippen molar-refractivity contribution < 1.29 is 9.47 Å². The van der Waals surface area contributed by atoms with Crippen molar-refractivity contribution in [2.24, 2.45) is 0 Å². The Balaban J connectivity index is 3.64. The maximum Gasteiger partial charge on any atom is 0.127 e. The second-order valence-corrected chi connectivity index (χ2v) is 3.43. The van der Waals surface area contributed by atoms with Gasteiger partial charge in [-0.15, -0.1) is 0 Å². The Morgan fingerprint density at radius 2 is 1.29 bits per heavy atom. The number of hydrogen-bond donors (Lipinski definition) is 0. The van der Waals surface area contributed by atoms with Gasteiger partial charge in [0.1, 0.15) is 11.5 Å². The summed E-state index contributed by atoms with van der Waals surface area (Å²) >= 11 is 6.61. The van der Waals surface area contributed by atoms with Gasteiger partial charge in [-0.05, 0) is 22.1 Å². The fraction of sp³-hybridized carbons (Fsp3) is 0.200. The van der Waals surface area contributed by atoms with Crippen LogP contribution in [0.25, 0.3) is 9.97 Å². The largest absolute Gasteiger partial charge is 0.496 e. The highest BCUT2D eigenvalue weighted by Crippen LogP contribution is 2.08. The summed E-state index contributed by atoms with van der Waals surface area (Å²) in [7, 11) is 3.28. The molecular formula is C10H10Br2O2. The van der Waals surface area contributed by atoms with E-state index in [0.717, 1.165) is 21.9 Å². The van der Waals surface area contributed by atoms with Crippen molar-refractivity contribution in [3.8, 4) is 11.5 Å². The van der Waals surface area contributed by atoms with Gasteiger partial charge in [0.25, 0.3) is 0 Å². The fourth-order valence-electron chi connectivity index (χ4n) is 1.18. The zero-order valence-electron chi connectivity index (χ0n) is 7.88. The summed E-state index contributed by atoms with van der Waals surface area (Å²) in [5.74, 6) is 1.60. The van der Waals surface area contributed by atoms with Crippen LogP contribution in [0.4, 0.5) is 0 Å². The van der Waals surface area contributed by atoms with E-state index in [1.807, 2.05) is 12.1 Å². The first-order valence-corrected chi connectivity index (χ1v) is 5.73. The molecule has 0 N–H and O–H groups in total. The number of halogens is 2. The molecule has 0 heterocycles. The monoisotopic (exact) mass is 320 g/mol. The van der Waals surface area contributed by atoms with Crippen molar-refractivity contribution >= 4 is 41.8 Å². The van der Waals surface area contributed by atoms with Crippen LogP contribution in [0.3, 0.4) is 0 Å². The molecule has 0 radical (unpaired) electrons. The zero-order valence-corrected chi connectivity index (χ0v) is 11.1. The van der Waals surface area contributed by atoms with Gasteiger partial charge < -0.3 is 9.47 Å². The van der Waals surface area contributed by atoms with Crippen LogP contribution in [0.2, 0.25) is 0 Å². The molecule has 0 saturated heterocycles. The summed E-state index contributed by atoms with van der Waals surface area (Å²) in [5, 5.41) is 1.90. The first-order valence-electron chi connectivity index (χ1n) is 3.90. The lowest BCUT2D eigenvalue weighted by atomic mass is 10.2. The molecular weight excluding hydrogens is 312 g/mol. The van der Waals surface area contributed by atoms with Gasteiger partial charge in [-0.1, -0.05) is 31.9 Å². The molecule has 0 spiro atoms. The highest BCUT2D eigenvalue weighted by Gasteiger charge is 2.01. The first-order chi connectivity index (χ1) is 6.78. The van der Waals surface area contributed by atoms with Gasteiger partial charge in [0.2, 0.25) is 0 Å². The van der Waals surface area contributed by atoms with Gasteiger partial charge in [0, 0.05) is 10.4 Å². The van der Waals surface area contributed by atoms with E-state index >= 15 is 0 Å². The Labute approximate surface area is 99.5 Å². The lowest BCUT2D eigenvalue weighted by Crippen LogP contribution is -2.26. The van der Waals surface area contributed by atoms with Gasteiger partial charge in [-0.3, -0.25) is 0 Å². The smallest absolute Gasteiger partial charge is 0.127 e. The van der Waals surface area contributed by atoms with Crippen molar-refractivity contribution in [3.63, 3.8) is 0 Å². The van der Waals surface area contributed by atoms with Gasteiger partial charge in [-0.2, -0.15) is 0 Å². The van der Waals surface area contributed by atoms with E-state index in [-0.39, 0.29) is 0 Å². The highest BCUT2D eigenvalue weighted by molar-refractivity contribution is 9.14. The van der Waals surface area contributed by atoms with E-state index < -0.39 is 0 Å². The van der Waals surface area contributed by atoms with Gasteiger partial charge in [0.05, 0.1) is 14.2 Å². The Hall–Kier alpha value is -0.480. The molecule has 0 fully saturated rings. The summed E-state index contributed by atoms with van der Waals surface area (Å²) in [5.41, 5.74) is 0. The third-order valence-electron chi connectivity index (χ3n) is 1.87. The van der Waals surface area contributed by atoms with Crippen LogP contribution >= 0.6 is 31.9 Å². The third-order valence-corrected chi connectivity index (χ3v) is 2.78. The van der Waals surface area contributed by atoms with E-state index in [1.165, 1.54) is 0 Å². The standard InChI is InChI=1S/C10H10Br2O2/c1-13-9-3-4-10(14-2)8(6-12)7(9)5-11/h3-6H,1-2H3. The Morgan fingerprint density at radius 3 is 1.50 bits per heavy atom. The predicted molar refractivity (Wildman–Crippen MR) is 65.6 cm³/mol. The SMILES string of the molecule is COc1ccc(OC)c(=CBr)c1=CBr. The quantitative estimate of drug-likeness (QED) is 0.829. The molecule has 0 aliphatic heterocycles. The second-order valence-electron chi connectivity index (χ2n) is 2.52. The van der Waals surface area contributed by atoms with Crippen molar-refractivity contribution in [2.75, 3.05) is 14.2 Å². The number of benzene rings is 1. The van der Waals surface area contributed by atoms with Crippen LogP contribution in [-0.2, 0) is 0 Å². The lowest BCUT2D eigenvalue weighted by Gasteiger charge is -2.05. The van der Waals surface area contributed by atoms with Crippen LogP contribution in [0, 0.1) is 0 Å².